The van der Waals surface area contributed by atoms with Crippen LogP contribution < -0.4 is 0 Å². The lowest BCUT2D eigenvalue weighted by Gasteiger charge is -2.23. The van der Waals surface area contributed by atoms with Gasteiger partial charge in [-0.3, -0.25) is 18.3 Å². The second kappa shape index (κ2) is 41.2. The van der Waals surface area contributed by atoms with E-state index >= 15 is 0 Å². The highest BCUT2D eigenvalue weighted by atomic mass is 15.3. The predicted molar refractivity (Wildman–Crippen MR) is 557 cm³/mol. The highest BCUT2D eigenvalue weighted by Gasteiger charge is 2.29. The molecule has 0 spiro atoms. The lowest BCUT2D eigenvalue weighted by atomic mass is 9.87. The Morgan fingerprint density at radius 3 is 0.696 bits per heavy atom. The number of nitrogens with zero attached hydrogens (tertiary/aromatic N) is 12. The molecule has 135 heavy (non-hydrogen) atoms. The van der Waals surface area contributed by atoms with Gasteiger partial charge in [0.1, 0.15) is 0 Å². The Bertz CT molecular complexity index is 7470. The van der Waals surface area contributed by atoms with Gasteiger partial charge >= 0.3 is 0 Å². The topological polar surface area (TPSA) is 123 Å². The standard InChI is InChI=1S/C32H23N3.C32H31N3.C30H27N3.C29H25N3/c1-4-14-24(15-5-1)27-20-10-11-22-29(27)32-34-33-31(26-18-8-3-9-19-26)35(32)30-23-13-12-21-28(30)25-16-6-2-7-17-25;1-22(2)26-20-13-21-27(23(3)4)30(26)35-31(25-16-9-6-10-17-25)33-34-32(35)29-19-12-11-18-28(29)24-14-7-5-8-15-24;1-30(2,3)24-18-20-25(21-19-24)33-28(23-14-8-5-9-15-23)31-32-29(33)27-17-11-10-16-26(27)22-12-6-4-7-13-22;1-21(2)24-17-11-12-20-27(24)32-28(23-15-7-4-8-16-23)30-31-29(32)26-19-10-9-18-25(26)22-13-5-3-6-14-22/h1-23H;5-23H,1-4H3;4-21H,1-3H3;3-21H,1-2H3. The molecule has 0 unspecified atom stereocenters. The molecule has 0 saturated heterocycles. The van der Waals surface area contributed by atoms with Gasteiger partial charge in [0.25, 0.3) is 0 Å². The van der Waals surface area contributed by atoms with E-state index in [0.29, 0.717) is 17.8 Å². The van der Waals surface area contributed by atoms with Crippen molar-refractivity contribution >= 4 is 0 Å². The number of hydrogen-bond acceptors (Lipinski definition) is 8. The fourth-order valence-corrected chi connectivity index (χ4v) is 17.6. The van der Waals surface area contributed by atoms with E-state index in [1.165, 1.54) is 33.5 Å². The predicted octanol–water partition coefficient (Wildman–Crippen LogP) is 31.4. The largest absolute Gasteiger partial charge is 0.275 e. The Hall–Kier alpha value is -16.7. The zero-order chi connectivity index (χ0) is 92.6. The molecule has 0 aliphatic heterocycles. The van der Waals surface area contributed by atoms with Crippen molar-refractivity contribution in [3.8, 4) is 169 Å². The molecule has 0 aliphatic carbocycles. The minimum atomic E-state index is 0.0940. The molecule has 4 heterocycles. The highest BCUT2D eigenvalue weighted by molar-refractivity contribution is 5.88. The van der Waals surface area contributed by atoms with Crippen LogP contribution in [0.25, 0.3) is 169 Å². The van der Waals surface area contributed by atoms with E-state index in [1.807, 2.05) is 84.9 Å². The summed E-state index contributed by atoms with van der Waals surface area (Å²) in [6.45, 7) is 20.2. The highest BCUT2D eigenvalue weighted by Crippen LogP contribution is 2.45. The third kappa shape index (κ3) is 19.4. The van der Waals surface area contributed by atoms with Crippen molar-refractivity contribution in [2.75, 3.05) is 0 Å². The summed E-state index contributed by atoms with van der Waals surface area (Å²) in [4.78, 5) is 0. The summed E-state index contributed by atoms with van der Waals surface area (Å²) in [5, 5.41) is 37.9. The van der Waals surface area contributed by atoms with Gasteiger partial charge in [0.2, 0.25) is 0 Å². The maximum Gasteiger partial charge on any atom is 0.169 e. The summed E-state index contributed by atoms with van der Waals surface area (Å²) in [5.41, 5.74) is 29.5. The minimum Gasteiger partial charge on any atom is -0.275 e. The van der Waals surface area contributed by atoms with Gasteiger partial charge in [-0.05, 0) is 120 Å². The van der Waals surface area contributed by atoms with E-state index in [0.717, 1.165) is 158 Å². The normalized spacial score (nSPS) is 11.2. The van der Waals surface area contributed by atoms with Crippen molar-refractivity contribution in [1.29, 1.82) is 0 Å². The first-order valence-corrected chi connectivity index (χ1v) is 46.3. The van der Waals surface area contributed by atoms with Crippen molar-refractivity contribution in [3.63, 3.8) is 0 Å². The first-order valence-electron chi connectivity index (χ1n) is 46.3. The van der Waals surface area contributed by atoms with E-state index in [1.54, 1.807) is 0 Å². The van der Waals surface area contributed by atoms with Crippen molar-refractivity contribution in [2.24, 2.45) is 0 Å². The second-order valence-corrected chi connectivity index (χ2v) is 35.3. The fraction of sp³-hybridized carbons (Fsp3) is 0.106. The average Bonchev–Trinajstić information content (AvgIpc) is 1.63. The van der Waals surface area contributed by atoms with Gasteiger partial charge in [-0.25, -0.2) is 0 Å². The van der Waals surface area contributed by atoms with Crippen molar-refractivity contribution in [3.05, 3.63) is 483 Å². The minimum absolute atomic E-state index is 0.0940. The van der Waals surface area contributed by atoms with Gasteiger partial charge in [-0.2, -0.15) is 0 Å². The van der Waals surface area contributed by atoms with Gasteiger partial charge in [0.15, 0.2) is 46.6 Å². The van der Waals surface area contributed by atoms with Crippen molar-refractivity contribution in [1.82, 2.24) is 59.1 Å². The van der Waals surface area contributed by atoms with E-state index in [4.69, 9.17) is 30.6 Å². The molecule has 21 aromatic rings. The maximum atomic E-state index is 4.84. The van der Waals surface area contributed by atoms with Crippen LogP contribution in [-0.2, 0) is 5.41 Å². The van der Waals surface area contributed by atoms with Crippen LogP contribution in [0.2, 0.25) is 0 Å². The van der Waals surface area contributed by atoms with Gasteiger partial charge < -0.3 is 0 Å². The molecule has 0 bridgehead atoms. The molecule has 4 aromatic heterocycles. The molecule has 0 N–H and O–H groups in total. The molecule has 0 aliphatic rings. The van der Waals surface area contributed by atoms with Crippen LogP contribution in [0.1, 0.15) is 102 Å². The lowest BCUT2D eigenvalue weighted by molar-refractivity contribution is 0.590. The molecule has 0 amide bonds. The Morgan fingerprint density at radius 1 is 0.170 bits per heavy atom. The zero-order valence-electron chi connectivity index (χ0n) is 77.5. The quantitative estimate of drug-likeness (QED) is 0.0739. The van der Waals surface area contributed by atoms with E-state index in [2.05, 4.69) is 467 Å². The molecule has 17 aromatic carbocycles. The lowest BCUT2D eigenvalue weighted by Crippen LogP contribution is -2.11. The fourth-order valence-electron chi connectivity index (χ4n) is 17.6. The van der Waals surface area contributed by atoms with Crippen LogP contribution in [-0.4, -0.2) is 59.1 Å². The third-order valence-corrected chi connectivity index (χ3v) is 24.4. The van der Waals surface area contributed by atoms with E-state index in [-0.39, 0.29) is 5.41 Å². The molecule has 0 atom stereocenters. The van der Waals surface area contributed by atoms with Crippen molar-refractivity contribution < 1.29 is 0 Å². The Morgan fingerprint density at radius 2 is 0.385 bits per heavy atom. The van der Waals surface area contributed by atoms with E-state index < -0.39 is 0 Å². The summed E-state index contributed by atoms with van der Waals surface area (Å²) in [6.07, 6.45) is 0. The summed E-state index contributed by atoms with van der Waals surface area (Å²) >= 11 is 0. The first kappa shape index (κ1) is 88.9. The molecule has 21 rings (SSSR count). The van der Waals surface area contributed by atoms with Gasteiger partial charge in [-0.1, -0.05) is 499 Å². The van der Waals surface area contributed by atoms with Crippen LogP contribution in [0, 0.1) is 0 Å². The zero-order valence-corrected chi connectivity index (χ0v) is 77.5. The van der Waals surface area contributed by atoms with E-state index in [9.17, 15) is 0 Å². The summed E-state index contributed by atoms with van der Waals surface area (Å²) < 4.78 is 8.87. The van der Waals surface area contributed by atoms with Crippen LogP contribution in [0.3, 0.4) is 0 Å². The van der Waals surface area contributed by atoms with Gasteiger partial charge in [0, 0.05) is 55.8 Å². The van der Waals surface area contributed by atoms with Gasteiger partial charge in [0.05, 0.1) is 17.1 Å². The number of benzene rings is 17. The summed E-state index contributed by atoms with van der Waals surface area (Å²) in [7, 11) is 0. The third-order valence-electron chi connectivity index (χ3n) is 24.4. The average molecular weight is 1750 g/mol. The SMILES string of the molecule is CC(C)(C)c1ccc(-n2c(-c3ccccc3)nnc2-c2ccccc2-c2ccccc2)cc1.CC(C)c1cccc(C(C)C)c1-n1c(-c2ccccc2)nnc1-c1ccccc1-c1ccccc1.CC(C)c1ccccc1-n1c(-c2ccccc2)nnc1-c1ccccc1-c1ccccc1.c1ccc(-c2ccccc2-c2nnc(-c3ccccc3)n2-c2ccccc2-c2ccccc2)cc1. The second-order valence-electron chi connectivity index (χ2n) is 35.3. The molecular weight excluding hydrogens is 1650 g/mol. The van der Waals surface area contributed by atoms with Crippen LogP contribution in [0.4, 0.5) is 0 Å². The monoisotopic (exact) mass is 1750 g/mol. The summed E-state index contributed by atoms with van der Waals surface area (Å²) in [6, 6.07) is 160. The first-order chi connectivity index (χ1) is 66.2. The maximum absolute atomic E-state index is 4.84. The van der Waals surface area contributed by atoms with Gasteiger partial charge in [-0.15, -0.1) is 40.8 Å². The molecule has 12 nitrogen and oxygen atoms in total. The number of para-hydroxylation sites is 3. The Balaban J connectivity index is 0.000000120. The number of rotatable bonds is 20. The number of hydrogen-bond donors (Lipinski definition) is 0. The van der Waals surface area contributed by atoms with Crippen LogP contribution >= 0.6 is 0 Å². The molecular formula is C123H106N12. The Kier molecular flexibility index (Phi) is 27.1. The molecule has 12 heteroatoms. The van der Waals surface area contributed by atoms with Crippen molar-refractivity contribution in [2.45, 2.75) is 85.5 Å². The molecule has 0 saturated carbocycles. The smallest absolute Gasteiger partial charge is 0.169 e. The van der Waals surface area contributed by atoms with Crippen LogP contribution in [0.15, 0.2) is 461 Å². The summed E-state index contributed by atoms with van der Waals surface area (Å²) in [5.74, 6) is 7.77. The Labute approximate surface area is 792 Å². The van der Waals surface area contributed by atoms with Crippen LogP contribution in [0.5, 0.6) is 0 Å². The molecule has 0 fully saturated rings. The molecule has 658 valence electrons. The molecule has 0 radical (unpaired) electrons. The number of aromatic nitrogens is 12.